The fourth-order valence-electron chi connectivity index (χ4n) is 2.83. The second kappa shape index (κ2) is 8.31. The van der Waals surface area contributed by atoms with Gasteiger partial charge < -0.3 is 9.64 Å². The van der Waals surface area contributed by atoms with E-state index < -0.39 is 24.5 Å². The van der Waals surface area contributed by atoms with Crippen molar-refractivity contribution in [2.45, 2.75) is 23.4 Å². The summed E-state index contributed by atoms with van der Waals surface area (Å²) in [7, 11) is 0. The van der Waals surface area contributed by atoms with Crippen LogP contribution in [0.3, 0.4) is 0 Å². The topological polar surface area (TPSA) is 32.8 Å². The molecule has 11 heteroatoms. The van der Waals surface area contributed by atoms with Crippen molar-refractivity contribution >= 4 is 28.8 Å². The minimum Gasteiger partial charge on any atom is -0.426 e. The number of hydrogen-bond acceptors (Lipinski definition) is 4. The van der Waals surface area contributed by atoms with Crippen LogP contribution in [-0.4, -0.2) is 59.9 Å². The zero-order valence-corrected chi connectivity index (χ0v) is 15.7. The average Bonchev–Trinajstić information content (AvgIpc) is 2.64. The van der Waals surface area contributed by atoms with Crippen LogP contribution in [0.1, 0.15) is 0 Å². The van der Waals surface area contributed by atoms with Crippen molar-refractivity contribution in [3.05, 3.63) is 42.5 Å². The van der Waals surface area contributed by atoms with Gasteiger partial charge >= 0.3 is 18.4 Å². The van der Waals surface area contributed by atoms with Crippen molar-refractivity contribution in [1.29, 1.82) is 0 Å². The lowest BCUT2D eigenvalue weighted by Crippen LogP contribution is -2.51. The SMILES string of the molecule is O=C(OC(C(F)(F)F)C(F)(F)F)N1CCN(Sc2ccc3ccccc3c2)CC1. The second-order valence-electron chi connectivity index (χ2n) is 6.36. The maximum Gasteiger partial charge on any atom is 0.434 e. The molecule has 1 heterocycles. The van der Waals surface area contributed by atoms with E-state index in [0.29, 0.717) is 0 Å². The Kier molecular flexibility index (Phi) is 6.18. The molecule has 1 saturated heterocycles. The van der Waals surface area contributed by atoms with E-state index in [1.54, 1.807) is 0 Å². The molecule has 0 N–H and O–H groups in total. The van der Waals surface area contributed by atoms with Gasteiger partial charge in [-0.1, -0.05) is 30.3 Å². The summed E-state index contributed by atoms with van der Waals surface area (Å²) in [6.07, 6.45) is -17.2. The van der Waals surface area contributed by atoms with Gasteiger partial charge in [0.25, 0.3) is 6.10 Å². The highest BCUT2D eigenvalue weighted by Gasteiger charge is 2.60. The van der Waals surface area contributed by atoms with Crippen LogP contribution in [-0.2, 0) is 4.74 Å². The number of carbonyl (C=O) groups is 1. The zero-order chi connectivity index (χ0) is 21.2. The molecular weight excluding hydrogens is 422 g/mol. The maximum absolute atomic E-state index is 12.5. The molecule has 0 atom stereocenters. The number of ether oxygens (including phenoxy) is 1. The number of halogens is 6. The summed E-state index contributed by atoms with van der Waals surface area (Å²) in [4.78, 5) is 13.6. The molecule has 1 aliphatic heterocycles. The summed E-state index contributed by atoms with van der Waals surface area (Å²) in [6.45, 7) is 0.467. The molecule has 1 fully saturated rings. The minimum atomic E-state index is -5.72. The van der Waals surface area contributed by atoms with E-state index in [2.05, 4.69) is 4.74 Å². The van der Waals surface area contributed by atoms with E-state index in [0.717, 1.165) is 20.6 Å². The van der Waals surface area contributed by atoms with E-state index in [-0.39, 0.29) is 26.2 Å². The van der Waals surface area contributed by atoms with Crippen molar-refractivity contribution in [1.82, 2.24) is 9.21 Å². The minimum absolute atomic E-state index is 0.0398. The number of nitrogens with zero attached hydrogens (tertiary/aromatic N) is 2. The van der Waals surface area contributed by atoms with Crippen molar-refractivity contribution in [3.8, 4) is 0 Å². The molecular formula is C18H16F6N2O2S. The zero-order valence-electron chi connectivity index (χ0n) is 14.8. The van der Waals surface area contributed by atoms with Gasteiger partial charge in [-0.05, 0) is 34.9 Å². The van der Waals surface area contributed by atoms with Crippen LogP contribution in [0.25, 0.3) is 10.8 Å². The van der Waals surface area contributed by atoms with Gasteiger partial charge in [0.05, 0.1) is 0 Å². The van der Waals surface area contributed by atoms with Crippen LogP contribution < -0.4 is 0 Å². The number of rotatable bonds is 3. The first-order valence-electron chi connectivity index (χ1n) is 8.55. The normalized spacial score (nSPS) is 16.4. The van der Waals surface area contributed by atoms with Crippen molar-refractivity contribution < 1.29 is 35.9 Å². The first kappa shape index (κ1) is 21.6. The largest absolute Gasteiger partial charge is 0.434 e. The third-order valence-corrected chi connectivity index (χ3v) is 5.35. The fourth-order valence-corrected chi connectivity index (χ4v) is 3.78. The van der Waals surface area contributed by atoms with Crippen LogP contribution in [0.2, 0.25) is 0 Å². The average molecular weight is 438 g/mol. The summed E-state index contributed by atoms with van der Waals surface area (Å²) in [5.41, 5.74) is 0. The fraction of sp³-hybridized carbons (Fsp3) is 0.389. The highest BCUT2D eigenvalue weighted by molar-refractivity contribution is 7.97. The van der Waals surface area contributed by atoms with Gasteiger partial charge in [-0.15, -0.1) is 0 Å². The molecule has 0 saturated carbocycles. The molecule has 1 aliphatic rings. The molecule has 1 amide bonds. The van der Waals surface area contributed by atoms with Gasteiger partial charge in [0.1, 0.15) is 0 Å². The lowest BCUT2D eigenvalue weighted by Gasteiger charge is -2.34. The predicted octanol–water partition coefficient (Wildman–Crippen LogP) is 5.09. The number of benzene rings is 2. The van der Waals surface area contributed by atoms with Gasteiger partial charge in [-0.3, -0.25) is 0 Å². The lowest BCUT2D eigenvalue weighted by atomic mass is 10.1. The summed E-state index contributed by atoms with van der Waals surface area (Å²) >= 11 is 1.41. The third-order valence-electron chi connectivity index (χ3n) is 4.27. The van der Waals surface area contributed by atoms with Gasteiger partial charge in [0, 0.05) is 31.1 Å². The van der Waals surface area contributed by atoms with Crippen LogP contribution in [0.15, 0.2) is 47.4 Å². The Labute approximate surface area is 166 Å². The summed E-state index contributed by atoms with van der Waals surface area (Å²) in [5.74, 6) is 0. The Hall–Kier alpha value is -2.14. The number of hydrogen-bond donors (Lipinski definition) is 0. The first-order chi connectivity index (χ1) is 13.5. The Morgan fingerprint density at radius 2 is 1.48 bits per heavy atom. The molecule has 3 rings (SSSR count). The first-order valence-corrected chi connectivity index (χ1v) is 9.32. The van der Waals surface area contributed by atoms with E-state index in [1.165, 1.54) is 11.9 Å². The smallest absolute Gasteiger partial charge is 0.426 e. The van der Waals surface area contributed by atoms with E-state index in [1.807, 2.05) is 46.8 Å². The molecule has 4 nitrogen and oxygen atoms in total. The molecule has 0 unspecified atom stereocenters. The molecule has 2 aromatic carbocycles. The highest BCUT2D eigenvalue weighted by atomic mass is 32.2. The molecule has 29 heavy (non-hydrogen) atoms. The van der Waals surface area contributed by atoms with E-state index in [4.69, 9.17) is 0 Å². The van der Waals surface area contributed by atoms with Crippen LogP contribution in [0.4, 0.5) is 31.1 Å². The van der Waals surface area contributed by atoms with Crippen LogP contribution >= 0.6 is 11.9 Å². The van der Waals surface area contributed by atoms with Crippen molar-refractivity contribution in [3.63, 3.8) is 0 Å². The standard InChI is InChI=1S/C18H16F6N2O2S/c19-17(20,21)15(18(22,23)24)28-16(27)25-7-9-26(10-8-25)29-14-6-5-12-3-1-2-4-13(12)11-14/h1-6,11,15H,7-10H2. The molecule has 0 radical (unpaired) electrons. The molecule has 0 bridgehead atoms. The third kappa shape index (κ3) is 5.47. The second-order valence-corrected chi connectivity index (χ2v) is 7.53. The lowest BCUT2D eigenvalue weighted by molar-refractivity contribution is -0.308. The van der Waals surface area contributed by atoms with Crippen molar-refractivity contribution in [2.24, 2.45) is 0 Å². The summed E-state index contributed by atoms with van der Waals surface area (Å²) in [6, 6.07) is 13.6. The quantitative estimate of drug-likeness (QED) is 0.494. The Morgan fingerprint density at radius 3 is 2.07 bits per heavy atom. The van der Waals surface area contributed by atoms with Crippen LogP contribution in [0.5, 0.6) is 0 Å². The molecule has 0 spiro atoms. The monoisotopic (exact) mass is 438 g/mol. The highest BCUT2D eigenvalue weighted by Crippen LogP contribution is 2.36. The molecule has 2 aromatic rings. The van der Waals surface area contributed by atoms with Crippen molar-refractivity contribution in [2.75, 3.05) is 26.2 Å². The van der Waals surface area contributed by atoms with Gasteiger partial charge in [-0.2, -0.15) is 26.3 Å². The van der Waals surface area contributed by atoms with Gasteiger partial charge in [0.2, 0.25) is 0 Å². The number of fused-ring (bicyclic) bond motifs is 1. The van der Waals surface area contributed by atoms with E-state index >= 15 is 0 Å². The molecule has 158 valence electrons. The maximum atomic E-state index is 12.5. The molecule has 0 aromatic heterocycles. The Balaban J connectivity index is 1.56. The van der Waals surface area contributed by atoms with Gasteiger partial charge in [0.15, 0.2) is 0 Å². The van der Waals surface area contributed by atoms with Gasteiger partial charge in [-0.25, -0.2) is 9.10 Å². The predicted molar refractivity (Wildman–Crippen MR) is 95.3 cm³/mol. The number of alkyl halides is 6. The number of amides is 1. The van der Waals surface area contributed by atoms with Crippen LogP contribution in [0, 0.1) is 0 Å². The summed E-state index contributed by atoms with van der Waals surface area (Å²) < 4.78 is 80.8. The Bertz CT molecular complexity index is 851. The van der Waals surface area contributed by atoms with E-state index in [9.17, 15) is 31.1 Å². The molecule has 0 aliphatic carbocycles. The summed E-state index contributed by atoms with van der Waals surface area (Å²) in [5, 5.41) is 2.12. The Morgan fingerprint density at radius 1 is 0.897 bits per heavy atom. The number of carbonyl (C=O) groups excluding carboxylic acids is 1. The number of piperazine rings is 1.